The fourth-order valence-corrected chi connectivity index (χ4v) is 1.95. The predicted molar refractivity (Wildman–Crippen MR) is 68.2 cm³/mol. The maximum atomic E-state index is 5.28. The van der Waals surface area contributed by atoms with E-state index in [0.717, 1.165) is 12.0 Å². The van der Waals surface area contributed by atoms with E-state index in [2.05, 4.69) is 22.9 Å². The number of hydrogen-bond acceptors (Lipinski definition) is 3. The SMILES string of the molecule is COc1cc(CC(C)Br)cc(OC)c1OC. The smallest absolute Gasteiger partial charge is 0.203 e. The summed E-state index contributed by atoms with van der Waals surface area (Å²) in [5.74, 6) is 2.03. The van der Waals surface area contributed by atoms with Gasteiger partial charge < -0.3 is 14.2 Å². The molecule has 0 heterocycles. The second-order valence-electron chi connectivity index (χ2n) is 3.52. The number of methoxy groups -OCH3 is 3. The molecule has 0 spiro atoms. The van der Waals surface area contributed by atoms with Crippen molar-refractivity contribution >= 4 is 15.9 Å². The van der Waals surface area contributed by atoms with Crippen LogP contribution in [0.25, 0.3) is 0 Å². The molecule has 0 aliphatic heterocycles. The van der Waals surface area contributed by atoms with Gasteiger partial charge >= 0.3 is 0 Å². The van der Waals surface area contributed by atoms with Crippen molar-refractivity contribution in [3.63, 3.8) is 0 Å². The van der Waals surface area contributed by atoms with Crippen molar-refractivity contribution in [2.45, 2.75) is 18.2 Å². The third-order valence-electron chi connectivity index (χ3n) is 2.24. The first-order valence-electron chi connectivity index (χ1n) is 5.05. The van der Waals surface area contributed by atoms with Crippen molar-refractivity contribution in [2.75, 3.05) is 21.3 Å². The fraction of sp³-hybridized carbons (Fsp3) is 0.500. The second kappa shape index (κ2) is 5.99. The van der Waals surface area contributed by atoms with E-state index in [9.17, 15) is 0 Å². The van der Waals surface area contributed by atoms with Gasteiger partial charge in [-0.3, -0.25) is 0 Å². The Balaban J connectivity index is 3.15. The van der Waals surface area contributed by atoms with E-state index in [0.29, 0.717) is 22.1 Å². The summed E-state index contributed by atoms with van der Waals surface area (Å²) in [6.45, 7) is 2.10. The van der Waals surface area contributed by atoms with Crippen molar-refractivity contribution in [3.05, 3.63) is 17.7 Å². The van der Waals surface area contributed by atoms with Gasteiger partial charge in [0.05, 0.1) is 21.3 Å². The maximum absolute atomic E-state index is 5.28. The van der Waals surface area contributed by atoms with Crippen molar-refractivity contribution in [1.82, 2.24) is 0 Å². The summed E-state index contributed by atoms with van der Waals surface area (Å²) in [7, 11) is 4.85. The van der Waals surface area contributed by atoms with Crippen LogP contribution in [-0.4, -0.2) is 26.2 Å². The Kier molecular flexibility index (Phi) is 4.93. The van der Waals surface area contributed by atoms with Gasteiger partial charge in [-0.05, 0) is 24.1 Å². The van der Waals surface area contributed by atoms with Crippen molar-refractivity contribution < 1.29 is 14.2 Å². The zero-order valence-corrected chi connectivity index (χ0v) is 11.6. The molecule has 90 valence electrons. The van der Waals surface area contributed by atoms with Gasteiger partial charge in [0.15, 0.2) is 11.5 Å². The number of alkyl halides is 1. The van der Waals surface area contributed by atoms with Gasteiger partial charge in [-0.2, -0.15) is 0 Å². The molecular weight excluding hydrogens is 272 g/mol. The summed E-state index contributed by atoms with van der Waals surface area (Å²) in [4.78, 5) is 0.412. The van der Waals surface area contributed by atoms with Crippen LogP contribution >= 0.6 is 15.9 Å². The highest BCUT2D eigenvalue weighted by Gasteiger charge is 2.13. The van der Waals surface area contributed by atoms with Gasteiger partial charge in [-0.15, -0.1) is 0 Å². The van der Waals surface area contributed by atoms with Crippen molar-refractivity contribution in [2.24, 2.45) is 0 Å². The van der Waals surface area contributed by atoms with E-state index in [4.69, 9.17) is 14.2 Å². The van der Waals surface area contributed by atoms with Crippen LogP contribution in [0.2, 0.25) is 0 Å². The monoisotopic (exact) mass is 288 g/mol. The van der Waals surface area contributed by atoms with Crippen LogP contribution in [-0.2, 0) is 6.42 Å². The largest absolute Gasteiger partial charge is 0.493 e. The molecule has 1 atom stereocenters. The first-order chi connectivity index (χ1) is 7.62. The molecule has 3 nitrogen and oxygen atoms in total. The van der Waals surface area contributed by atoms with Crippen LogP contribution in [0.1, 0.15) is 12.5 Å². The summed E-state index contributed by atoms with van der Waals surface area (Å²) < 4.78 is 15.8. The summed E-state index contributed by atoms with van der Waals surface area (Å²) in [6, 6.07) is 3.94. The zero-order valence-electron chi connectivity index (χ0n) is 10.0. The average Bonchev–Trinajstić information content (AvgIpc) is 2.26. The Morgan fingerprint density at radius 1 is 1.06 bits per heavy atom. The molecule has 0 fully saturated rings. The summed E-state index contributed by atoms with van der Waals surface area (Å²) in [6.07, 6.45) is 0.913. The van der Waals surface area contributed by atoms with E-state index in [-0.39, 0.29) is 0 Å². The molecule has 0 saturated carbocycles. The molecule has 0 aliphatic carbocycles. The lowest BCUT2D eigenvalue weighted by molar-refractivity contribution is 0.324. The summed E-state index contributed by atoms with van der Waals surface area (Å²) >= 11 is 3.53. The Labute approximate surface area is 105 Å². The van der Waals surface area contributed by atoms with Gasteiger partial charge in [0.1, 0.15) is 0 Å². The Hall–Kier alpha value is -0.900. The lowest BCUT2D eigenvalue weighted by atomic mass is 10.1. The standard InChI is InChI=1S/C12H17BrO3/c1-8(13)5-9-6-10(14-2)12(16-4)11(7-9)15-3/h6-8H,5H2,1-4H3. The highest BCUT2D eigenvalue weighted by Crippen LogP contribution is 2.38. The Morgan fingerprint density at radius 2 is 1.56 bits per heavy atom. The molecule has 16 heavy (non-hydrogen) atoms. The lowest BCUT2D eigenvalue weighted by Crippen LogP contribution is -2.00. The van der Waals surface area contributed by atoms with Crippen LogP contribution in [0.5, 0.6) is 17.2 Å². The molecule has 4 heteroatoms. The lowest BCUT2D eigenvalue weighted by Gasteiger charge is -2.14. The van der Waals surface area contributed by atoms with Gasteiger partial charge in [0.2, 0.25) is 5.75 Å². The number of ether oxygens (including phenoxy) is 3. The minimum absolute atomic E-state index is 0.412. The minimum atomic E-state index is 0.412. The number of benzene rings is 1. The van der Waals surface area contributed by atoms with Crippen LogP contribution in [0.4, 0.5) is 0 Å². The molecule has 0 aliphatic rings. The van der Waals surface area contributed by atoms with Crippen LogP contribution in [0, 0.1) is 0 Å². The minimum Gasteiger partial charge on any atom is -0.493 e. The summed E-state index contributed by atoms with van der Waals surface area (Å²) in [5.41, 5.74) is 1.15. The van der Waals surface area contributed by atoms with E-state index < -0.39 is 0 Å². The van der Waals surface area contributed by atoms with Crippen molar-refractivity contribution in [3.8, 4) is 17.2 Å². The summed E-state index contributed by atoms with van der Waals surface area (Å²) in [5, 5.41) is 0. The number of hydrogen-bond donors (Lipinski definition) is 0. The highest BCUT2D eigenvalue weighted by atomic mass is 79.9. The highest BCUT2D eigenvalue weighted by molar-refractivity contribution is 9.09. The molecule has 0 amide bonds. The predicted octanol–water partition coefficient (Wildman–Crippen LogP) is 3.04. The first-order valence-corrected chi connectivity index (χ1v) is 5.96. The topological polar surface area (TPSA) is 27.7 Å². The van der Waals surface area contributed by atoms with Crippen LogP contribution < -0.4 is 14.2 Å². The fourth-order valence-electron chi connectivity index (χ4n) is 1.58. The molecule has 0 N–H and O–H groups in total. The quantitative estimate of drug-likeness (QED) is 0.780. The van der Waals surface area contributed by atoms with E-state index in [1.807, 2.05) is 12.1 Å². The normalized spacial score (nSPS) is 12.1. The molecule has 0 bridgehead atoms. The molecule has 0 aromatic heterocycles. The Morgan fingerprint density at radius 3 is 1.88 bits per heavy atom. The van der Waals surface area contributed by atoms with Crippen LogP contribution in [0.3, 0.4) is 0 Å². The van der Waals surface area contributed by atoms with E-state index >= 15 is 0 Å². The third kappa shape index (κ3) is 3.04. The third-order valence-corrected chi connectivity index (χ3v) is 2.57. The van der Waals surface area contributed by atoms with Gasteiger partial charge in [0, 0.05) is 4.83 Å². The molecular formula is C12H17BrO3. The second-order valence-corrected chi connectivity index (χ2v) is 5.08. The Bertz CT molecular complexity index is 325. The van der Waals surface area contributed by atoms with Crippen LogP contribution in [0.15, 0.2) is 12.1 Å². The van der Waals surface area contributed by atoms with Crippen molar-refractivity contribution in [1.29, 1.82) is 0 Å². The van der Waals surface area contributed by atoms with Gasteiger partial charge in [-0.1, -0.05) is 22.9 Å². The van der Waals surface area contributed by atoms with Gasteiger partial charge in [0.25, 0.3) is 0 Å². The molecule has 1 aromatic carbocycles. The molecule has 1 aromatic rings. The molecule has 0 saturated heterocycles. The number of rotatable bonds is 5. The van der Waals surface area contributed by atoms with E-state index in [1.165, 1.54) is 0 Å². The molecule has 0 radical (unpaired) electrons. The molecule has 1 rings (SSSR count). The first kappa shape index (κ1) is 13.2. The van der Waals surface area contributed by atoms with E-state index in [1.54, 1.807) is 21.3 Å². The molecule has 1 unspecified atom stereocenters. The average molecular weight is 289 g/mol. The van der Waals surface area contributed by atoms with Gasteiger partial charge in [-0.25, -0.2) is 0 Å². The zero-order chi connectivity index (χ0) is 12.1. The number of halogens is 1. The maximum Gasteiger partial charge on any atom is 0.203 e.